The van der Waals surface area contributed by atoms with Crippen LogP contribution in [0.15, 0.2) is 30.3 Å². The second-order valence-electron chi connectivity index (χ2n) is 4.25. The Bertz CT molecular complexity index is 354. The number of benzene rings is 1. The molecule has 0 saturated heterocycles. The van der Waals surface area contributed by atoms with Crippen LogP contribution in [0.2, 0.25) is 0 Å². The number of para-hydroxylation sites is 1. The molecule has 1 aromatic rings. The molecule has 17 heavy (non-hydrogen) atoms. The van der Waals surface area contributed by atoms with E-state index in [1.807, 2.05) is 49.3 Å². The first-order valence-corrected chi connectivity index (χ1v) is 5.71. The van der Waals surface area contributed by atoms with E-state index in [2.05, 4.69) is 4.90 Å². The Kier molecular flexibility index (Phi) is 4.97. The number of rotatable bonds is 6. The second kappa shape index (κ2) is 6.25. The second-order valence-corrected chi connectivity index (χ2v) is 4.25. The van der Waals surface area contributed by atoms with Crippen LogP contribution in [0.3, 0.4) is 0 Å². The summed E-state index contributed by atoms with van der Waals surface area (Å²) < 4.78 is 0. The van der Waals surface area contributed by atoms with Gasteiger partial charge in [-0.2, -0.15) is 0 Å². The number of carbonyl (C=O) groups is 1. The molecule has 0 aliphatic carbocycles. The summed E-state index contributed by atoms with van der Waals surface area (Å²) in [6, 6.07) is 9.61. The number of carboxylic acid groups (broad SMARTS) is 1. The van der Waals surface area contributed by atoms with Crippen molar-refractivity contribution in [1.29, 1.82) is 0 Å². The van der Waals surface area contributed by atoms with Gasteiger partial charge in [-0.15, -0.1) is 0 Å². The number of hydrogen-bond donors (Lipinski definition) is 1. The largest absolute Gasteiger partial charge is 0.480 e. The Labute approximate surface area is 102 Å². The third-order valence-corrected chi connectivity index (χ3v) is 3.00. The van der Waals surface area contributed by atoms with Crippen LogP contribution in [0, 0.1) is 0 Å². The molecule has 0 aromatic heterocycles. The molecule has 0 amide bonds. The van der Waals surface area contributed by atoms with E-state index in [4.69, 9.17) is 5.11 Å². The molecule has 1 aromatic carbocycles. The molecule has 4 heteroatoms. The van der Waals surface area contributed by atoms with Gasteiger partial charge in [-0.3, -0.25) is 9.69 Å². The van der Waals surface area contributed by atoms with Crippen LogP contribution in [0.1, 0.15) is 6.92 Å². The van der Waals surface area contributed by atoms with Crippen molar-refractivity contribution in [3.8, 4) is 0 Å². The predicted octanol–water partition coefficient (Wildman–Crippen LogP) is 1.53. The highest BCUT2D eigenvalue weighted by molar-refractivity contribution is 5.72. The van der Waals surface area contributed by atoms with Gasteiger partial charge in [0.2, 0.25) is 0 Å². The van der Waals surface area contributed by atoms with E-state index < -0.39 is 12.0 Å². The molecule has 0 radical (unpaired) electrons. The van der Waals surface area contributed by atoms with Crippen LogP contribution in [-0.4, -0.2) is 49.2 Å². The fourth-order valence-electron chi connectivity index (χ4n) is 1.50. The molecule has 0 bridgehead atoms. The van der Waals surface area contributed by atoms with Crippen LogP contribution >= 0.6 is 0 Å². The van der Waals surface area contributed by atoms with E-state index in [-0.39, 0.29) is 0 Å². The summed E-state index contributed by atoms with van der Waals surface area (Å²) in [4.78, 5) is 14.8. The standard InChI is InChI=1S/C13H20N2O2/c1-11(13(16)17)14(2)9-10-15(3)12-7-5-4-6-8-12/h4-8,11H,9-10H2,1-3H3,(H,16,17). The van der Waals surface area contributed by atoms with Crippen LogP contribution < -0.4 is 4.90 Å². The predicted molar refractivity (Wildman–Crippen MR) is 69.4 cm³/mol. The number of carboxylic acids is 1. The van der Waals surface area contributed by atoms with Crippen molar-refractivity contribution in [3.05, 3.63) is 30.3 Å². The van der Waals surface area contributed by atoms with Crippen molar-refractivity contribution < 1.29 is 9.90 Å². The van der Waals surface area contributed by atoms with Crippen molar-refractivity contribution in [2.24, 2.45) is 0 Å². The molecule has 94 valence electrons. The van der Waals surface area contributed by atoms with Gasteiger partial charge in [0.15, 0.2) is 0 Å². The maximum Gasteiger partial charge on any atom is 0.320 e. The Morgan fingerprint density at radius 3 is 2.35 bits per heavy atom. The highest BCUT2D eigenvalue weighted by Gasteiger charge is 2.16. The molecule has 0 heterocycles. The highest BCUT2D eigenvalue weighted by Crippen LogP contribution is 2.10. The number of nitrogens with zero attached hydrogens (tertiary/aromatic N) is 2. The summed E-state index contributed by atoms with van der Waals surface area (Å²) in [7, 11) is 3.84. The van der Waals surface area contributed by atoms with Gasteiger partial charge in [-0.25, -0.2) is 0 Å². The average Bonchev–Trinajstić information content (AvgIpc) is 2.35. The van der Waals surface area contributed by atoms with E-state index in [1.165, 1.54) is 0 Å². The Morgan fingerprint density at radius 1 is 1.24 bits per heavy atom. The maximum atomic E-state index is 10.8. The summed E-state index contributed by atoms with van der Waals surface area (Å²) in [6.07, 6.45) is 0. The van der Waals surface area contributed by atoms with Crippen molar-refractivity contribution in [2.45, 2.75) is 13.0 Å². The Hall–Kier alpha value is -1.55. The summed E-state index contributed by atoms with van der Waals surface area (Å²) in [5, 5.41) is 8.88. The number of hydrogen-bond acceptors (Lipinski definition) is 3. The normalized spacial score (nSPS) is 12.5. The zero-order valence-electron chi connectivity index (χ0n) is 10.6. The molecular weight excluding hydrogens is 216 g/mol. The minimum Gasteiger partial charge on any atom is -0.480 e. The number of aliphatic carboxylic acids is 1. The van der Waals surface area contributed by atoms with Crippen LogP contribution in [0.25, 0.3) is 0 Å². The van der Waals surface area contributed by atoms with Crippen molar-refractivity contribution in [1.82, 2.24) is 4.90 Å². The minimum absolute atomic E-state index is 0.445. The molecular formula is C13H20N2O2. The van der Waals surface area contributed by atoms with Gasteiger partial charge in [0, 0.05) is 25.8 Å². The van der Waals surface area contributed by atoms with Gasteiger partial charge >= 0.3 is 5.97 Å². The van der Waals surface area contributed by atoms with E-state index in [0.29, 0.717) is 0 Å². The summed E-state index contributed by atoms with van der Waals surface area (Å²) in [5.74, 6) is -0.783. The van der Waals surface area contributed by atoms with Crippen LogP contribution in [-0.2, 0) is 4.79 Å². The zero-order valence-corrected chi connectivity index (χ0v) is 10.6. The third kappa shape index (κ3) is 4.07. The molecule has 1 atom stereocenters. The van der Waals surface area contributed by atoms with E-state index in [1.54, 1.807) is 6.92 Å². The van der Waals surface area contributed by atoms with Gasteiger partial charge in [-0.05, 0) is 26.1 Å². The van der Waals surface area contributed by atoms with Crippen LogP contribution in [0.5, 0.6) is 0 Å². The highest BCUT2D eigenvalue weighted by atomic mass is 16.4. The van der Waals surface area contributed by atoms with Gasteiger partial charge in [0.25, 0.3) is 0 Å². The molecule has 1 rings (SSSR count). The molecule has 0 saturated carbocycles. The maximum absolute atomic E-state index is 10.8. The van der Waals surface area contributed by atoms with Crippen LogP contribution in [0.4, 0.5) is 5.69 Å². The molecule has 0 fully saturated rings. The average molecular weight is 236 g/mol. The zero-order chi connectivity index (χ0) is 12.8. The molecule has 0 aliphatic heterocycles. The van der Waals surface area contributed by atoms with Crippen molar-refractivity contribution in [3.63, 3.8) is 0 Å². The first-order valence-electron chi connectivity index (χ1n) is 5.71. The first kappa shape index (κ1) is 13.5. The lowest BCUT2D eigenvalue weighted by Crippen LogP contribution is -2.40. The number of likely N-dealkylation sites (N-methyl/N-ethyl adjacent to an activating group) is 2. The monoisotopic (exact) mass is 236 g/mol. The van der Waals surface area contributed by atoms with Crippen molar-refractivity contribution in [2.75, 3.05) is 32.1 Å². The lowest BCUT2D eigenvalue weighted by Gasteiger charge is -2.25. The lowest BCUT2D eigenvalue weighted by atomic mass is 10.3. The molecule has 0 aliphatic rings. The number of anilines is 1. The van der Waals surface area contributed by atoms with Gasteiger partial charge in [0.1, 0.15) is 6.04 Å². The Morgan fingerprint density at radius 2 is 1.82 bits per heavy atom. The minimum atomic E-state index is -0.783. The fourth-order valence-corrected chi connectivity index (χ4v) is 1.50. The molecule has 1 N–H and O–H groups in total. The Balaban J connectivity index is 2.43. The lowest BCUT2D eigenvalue weighted by molar-refractivity contribution is -0.142. The first-order chi connectivity index (χ1) is 8.02. The SMILES string of the molecule is CC(C(=O)O)N(C)CCN(C)c1ccccc1. The van der Waals surface area contributed by atoms with E-state index in [0.717, 1.165) is 18.8 Å². The third-order valence-electron chi connectivity index (χ3n) is 3.00. The topological polar surface area (TPSA) is 43.8 Å². The van der Waals surface area contributed by atoms with Crippen molar-refractivity contribution >= 4 is 11.7 Å². The summed E-state index contributed by atoms with van der Waals surface area (Å²) >= 11 is 0. The van der Waals surface area contributed by atoms with E-state index >= 15 is 0 Å². The van der Waals surface area contributed by atoms with Gasteiger partial charge in [0.05, 0.1) is 0 Å². The van der Waals surface area contributed by atoms with Gasteiger partial charge < -0.3 is 10.0 Å². The molecule has 1 unspecified atom stereocenters. The summed E-state index contributed by atoms with van der Waals surface area (Å²) in [6.45, 7) is 3.22. The van der Waals surface area contributed by atoms with E-state index in [9.17, 15) is 4.79 Å². The quantitative estimate of drug-likeness (QED) is 0.813. The molecule has 4 nitrogen and oxygen atoms in total. The van der Waals surface area contributed by atoms with Gasteiger partial charge in [-0.1, -0.05) is 18.2 Å². The fraction of sp³-hybridized carbons (Fsp3) is 0.462. The summed E-state index contributed by atoms with van der Waals surface area (Å²) in [5.41, 5.74) is 1.14. The molecule has 0 spiro atoms. The smallest absolute Gasteiger partial charge is 0.320 e.